The molecule has 0 spiro atoms. The number of nitrogens with zero attached hydrogens (tertiary/aromatic N) is 2. The van der Waals surface area contributed by atoms with E-state index >= 15 is 0 Å². The average molecular weight is 334 g/mol. The summed E-state index contributed by atoms with van der Waals surface area (Å²) in [5, 5.41) is 0. The molecule has 0 saturated carbocycles. The third kappa shape index (κ3) is 5.01. The number of carbonyl (C=O) groups excluding carboxylic acids is 1. The molecule has 0 amide bonds. The van der Waals surface area contributed by atoms with Crippen molar-refractivity contribution in [2.24, 2.45) is 0 Å². The highest BCUT2D eigenvalue weighted by Gasteiger charge is 2.08. The molecule has 0 fully saturated rings. The Hall–Kier alpha value is -3.03. The van der Waals surface area contributed by atoms with Crippen LogP contribution in [0.3, 0.4) is 0 Å². The molecule has 0 saturated heterocycles. The van der Waals surface area contributed by atoms with E-state index in [9.17, 15) is 4.79 Å². The van der Waals surface area contributed by atoms with Crippen LogP contribution >= 0.6 is 0 Å². The maximum Gasteiger partial charge on any atom is 0.344 e. The number of ether oxygens (including phenoxy) is 5. The van der Waals surface area contributed by atoms with Crippen molar-refractivity contribution in [3.63, 3.8) is 0 Å². The molecule has 1 aromatic heterocycles. The molecule has 8 nitrogen and oxygen atoms in total. The van der Waals surface area contributed by atoms with Gasteiger partial charge in [-0.1, -0.05) is 0 Å². The van der Waals surface area contributed by atoms with Gasteiger partial charge in [-0.05, 0) is 31.2 Å². The molecule has 1 heterocycles. The van der Waals surface area contributed by atoms with Crippen molar-refractivity contribution in [2.45, 2.75) is 6.92 Å². The van der Waals surface area contributed by atoms with Gasteiger partial charge in [0.2, 0.25) is 11.8 Å². The van der Waals surface area contributed by atoms with Gasteiger partial charge in [-0.3, -0.25) is 0 Å². The number of carbonyl (C=O) groups is 1. The van der Waals surface area contributed by atoms with Gasteiger partial charge in [-0.15, -0.1) is 0 Å². The van der Waals surface area contributed by atoms with E-state index in [1.165, 1.54) is 14.2 Å². The second kappa shape index (κ2) is 8.56. The number of methoxy groups -OCH3 is 2. The first-order chi connectivity index (χ1) is 11.6. The first-order valence-electron chi connectivity index (χ1n) is 7.18. The van der Waals surface area contributed by atoms with Crippen molar-refractivity contribution in [1.82, 2.24) is 9.97 Å². The molecule has 0 N–H and O–H groups in total. The summed E-state index contributed by atoms with van der Waals surface area (Å²) in [4.78, 5) is 19.4. The first kappa shape index (κ1) is 17.3. The second-order valence-corrected chi connectivity index (χ2v) is 4.40. The van der Waals surface area contributed by atoms with Gasteiger partial charge in [0, 0.05) is 0 Å². The third-order valence-electron chi connectivity index (χ3n) is 2.77. The van der Waals surface area contributed by atoms with Gasteiger partial charge in [0.05, 0.1) is 26.9 Å². The highest BCUT2D eigenvalue weighted by atomic mass is 16.6. The Balaban J connectivity index is 2.00. The number of rotatable bonds is 8. The predicted octanol–water partition coefficient (Wildman–Crippen LogP) is 2.23. The number of esters is 1. The lowest BCUT2D eigenvalue weighted by atomic mass is 10.3. The summed E-state index contributed by atoms with van der Waals surface area (Å²) < 4.78 is 25.7. The van der Waals surface area contributed by atoms with Crippen LogP contribution in [0.15, 0.2) is 30.3 Å². The summed E-state index contributed by atoms with van der Waals surface area (Å²) in [6.45, 7) is 1.91. The Morgan fingerprint density at radius 2 is 1.58 bits per heavy atom. The Bertz CT molecular complexity index is 653. The highest BCUT2D eigenvalue weighted by molar-refractivity contribution is 5.71. The van der Waals surface area contributed by atoms with Gasteiger partial charge in [0.15, 0.2) is 6.61 Å². The van der Waals surface area contributed by atoms with Crippen LogP contribution in [0.5, 0.6) is 29.3 Å². The summed E-state index contributed by atoms with van der Waals surface area (Å²) in [5.74, 6) is 1.24. The van der Waals surface area contributed by atoms with E-state index in [4.69, 9.17) is 23.7 Å². The minimum absolute atomic E-state index is 0.0893. The zero-order valence-electron chi connectivity index (χ0n) is 13.6. The second-order valence-electron chi connectivity index (χ2n) is 4.40. The van der Waals surface area contributed by atoms with Crippen molar-refractivity contribution in [1.29, 1.82) is 0 Å². The molecule has 2 aromatic rings. The molecule has 2 rings (SSSR count). The van der Waals surface area contributed by atoms with Crippen LogP contribution in [0.25, 0.3) is 0 Å². The summed E-state index contributed by atoms with van der Waals surface area (Å²) >= 11 is 0. The predicted molar refractivity (Wildman–Crippen MR) is 83.8 cm³/mol. The van der Waals surface area contributed by atoms with Gasteiger partial charge in [-0.25, -0.2) is 4.79 Å². The van der Waals surface area contributed by atoms with Crippen LogP contribution < -0.4 is 18.9 Å². The first-order valence-corrected chi connectivity index (χ1v) is 7.18. The summed E-state index contributed by atoms with van der Waals surface area (Å²) in [7, 11) is 2.97. The Morgan fingerprint density at radius 1 is 1.00 bits per heavy atom. The minimum atomic E-state index is -0.422. The lowest BCUT2D eigenvalue weighted by Crippen LogP contribution is -2.14. The fourth-order valence-corrected chi connectivity index (χ4v) is 1.69. The molecular formula is C16H18N2O6. The zero-order valence-corrected chi connectivity index (χ0v) is 13.6. The Labute approximate surface area is 139 Å². The molecule has 0 aliphatic carbocycles. The van der Waals surface area contributed by atoms with E-state index in [-0.39, 0.29) is 12.6 Å². The van der Waals surface area contributed by atoms with Gasteiger partial charge in [-0.2, -0.15) is 9.97 Å². The molecule has 24 heavy (non-hydrogen) atoms. The summed E-state index contributed by atoms with van der Waals surface area (Å²) in [6, 6.07) is 8.27. The van der Waals surface area contributed by atoms with E-state index in [0.717, 1.165) is 0 Å². The van der Waals surface area contributed by atoms with Crippen LogP contribution in [0.1, 0.15) is 6.92 Å². The molecule has 0 unspecified atom stereocenters. The Kier molecular flexibility index (Phi) is 6.18. The number of aromatic nitrogens is 2. The molecule has 0 radical (unpaired) electrons. The molecule has 0 aliphatic heterocycles. The van der Waals surface area contributed by atoms with E-state index in [1.807, 2.05) is 0 Å². The number of hydrogen-bond acceptors (Lipinski definition) is 8. The van der Waals surface area contributed by atoms with Gasteiger partial charge >= 0.3 is 12.0 Å². The average Bonchev–Trinajstić information content (AvgIpc) is 2.61. The van der Waals surface area contributed by atoms with E-state index in [2.05, 4.69) is 9.97 Å². The van der Waals surface area contributed by atoms with Crippen molar-refractivity contribution in [3.05, 3.63) is 30.3 Å². The molecular weight excluding hydrogens is 316 g/mol. The molecule has 1 aromatic carbocycles. The van der Waals surface area contributed by atoms with E-state index in [0.29, 0.717) is 29.9 Å². The molecule has 128 valence electrons. The van der Waals surface area contributed by atoms with Gasteiger partial charge in [0.25, 0.3) is 0 Å². The quantitative estimate of drug-likeness (QED) is 0.679. The lowest BCUT2D eigenvalue weighted by Gasteiger charge is -2.09. The molecule has 0 aliphatic rings. The lowest BCUT2D eigenvalue weighted by molar-refractivity contribution is -0.145. The number of hydrogen-bond donors (Lipinski definition) is 0. The fraction of sp³-hybridized carbons (Fsp3) is 0.312. The Morgan fingerprint density at radius 3 is 2.12 bits per heavy atom. The van der Waals surface area contributed by atoms with Crippen molar-refractivity contribution >= 4 is 5.97 Å². The largest absolute Gasteiger partial charge is 0.482 e. The SMILES string of the molecule is CCOC(=O)COc1ccc(Oc2nc(OC)cc(OC)n2)cc1. The topological polar surface area (TPSA) is 89.0 Å². The number of benzene rings is 1. The van der Waals surface area contributed by atoms with Crippen molar-refractivity contribution in [2.75, 3.05) is 27.4 Å². The minimum Gasteiger partial charge on any atom is -0.482 e. The van der Waals surface area contributed by atoms with Crippen LogP contribution in [-0.4, -0.2) is 43.4 Å². The molecule has 8 heteroatoms. The van der Waals surface area contributed by atoms with E-state index < -0.39 is 5.97 Å². The maximum atomic E-state index is 11.2. The smallest absolute Gasteiger partial charge is 0.344 e. The summed E-state index contributed by atoms with van der Waals surface area (Å²) in [6.07, 6.45) is 0. The summed E-state index contributed by atoms with van der Waals surface area (Å²) in [5.41, 5.74) is 0. The monoisotopic (exact) mass is 334 g/mol. The van der Waals surface area contributed by atoms with Crippen LogP contribution in [-0.2, 0) is 9.53 Å². The standard InChI is InChI=1S/C16H18N2O6/c1-4-22-15(19)10-23-11-5-7-12(8-6-11)24-16-17-13(20-2)9-14(18-16)21-3/h5-9H,4,10H2,1-3H3. The molecule has 0 atom stereocenters. The highest BCUT2D eigenvalue weighted by Crippen LogP contribution is 2.25. The fourth-order valence-electron chi connectivity index (χ4n) is 1.69. The van der Waals surface area contributed by atoms with Crippen LogP contribution in [0.4, 0.5) is 0 Å². The van der Waals surface area contributed by atoms with Gasteiger partial charge < -0.3 is 23.7 Å². The third-order valence-corrected chi connectivity index (χ3v) is 2.77. The maximum absolute atomic E-state index is 11.2. The van der Waals surface area contributed by atoms with E-state index in [1.54, 1.807) is 37.3 Å². The van der Waals surface area contributed by atoms with Crippen LogP contribution in [0.2, 0.25) is 0 Å². The normalized spacial score (nSPS) is 9.96. The van der Waals surface area contributed by atoms with Crippen molar-refractivity contribution in [3.8, 4) is 29.3 Å². The van der Waals surface area contributed by atoms with Crippen LogP contribution in [0, 0.1) is 0 Å². The van der Waals surface area contributed by atoms with Gasteiger partial charge in [0.1, 0.15) is 11.5 Å². The van der Waals surface area contributed by atoms with Crippen molar-refractivity contribution < 1.29 is 28.5 Å². The zero-order chi connectivity index (χ0) is 17.4. The molecule has 0 bridgehead atoms.